The lowest BCUT2D eigenvalue weighted by atomic mass is 10.0. The van der Waals surface area contributed by atoms with Gasteiger partial charge in [0.05, 0.1) is 4.90 Å². The highest BCUT2D eigenvalue weighted by atomic mass is 32.2. The lowest BCUT2D eigenvalue weighted by molar-refractivity contribution is 0.481. The summed E-state index contributed by atoms with van der Waals surface area (Å²) in [6.07, 6.45) is 63.5. The molecule has 4 heteroatoms. The summed E-state index contributed by atoms with van der Waals surface area (Å²) < 4.78 is 32.4. The summed E-state index contributed by atoms with van der Waals surface area (Å²) in [4.78, 5) is 0.0714. The van der Waals surface area contributed by atoms with E-state index in [2.05, 4.69) is 6.92 Å². The van der Waals surface area contributed by atoms with Crippen LogP contribution in [0.5, 0.6) is 0 Å². The van der Waals surface area contributed by atoms with Crippen LogP contribution in [-0.4, -0.2) is 13.0 Å². The SMILES string of the molecule is CCCCCCCCCCCCCCCCCCCCCCCCCCCCCCCCCCCCCCCCCCCCCCc1ccccc1S(=O)(=O)O. The fourth-order valence-corrected chi connectivity index (χ4v) is 9.53. The zero-order chi connectivity index (χ0) is 40.3. The summed E-state index contributed by atoms with van der Waals surface area (Å²) in [6.45, 7) is 2.31. The second-order valence-corrected chi connectivity index (χ2v) is 19.4. The van der Waals surface area contributed by atoms with Crippen LogP contribution in [0.3, 0.4) is 0 Å². The molecule has 0 saturated heterocycles. The Balaban J connectivity index is 1.65. The largest absolute Gasteiger partial charge is 0.294 e. The molecule has 0 amide bonds. The van der Waals surface area contributed by atoms with Crippen molar-refractivity contribution in [1.29, 1.82) is 0 Å². The fraction of sp³-hybridized carbons (Fsp3) is 0.885. The van der Waals surface area contributed by atoms with Crippen molar-refractivity contribution in [2.24, 2.45) is 0 Å². The molecular weight excluding hydrogens is 705 g/mol. The Kier molecular flexibility index (Phi) is 40.1. The molecule has 0 saturated carbocycles. The van der Waals surface area contributed by atoms with Gasteiger partial charge < -0.3 is 0 Å². The van der Waals surface area contributed by atoms with Crippen LogP contribution in [0.15, 0.2) is 29.2 Å². The first-order chi connectivity index (χ1) is 27.6. The highest BCUT2D eigenvalue weighted by Gasteiger charge is 2.13. The molecule has 3 nitrogen and oxygen atoms in total. The van der Waals surface area contributed by atoms with E-state index in [0.29, 0.717) is 0 Å². The molecule has 0 heterocycles. The van der Waals surface area contributed by atoms with Crippen LogP contribution in [0.4, 0.5) is 0 Å². The quantitative estimate of drug-likeness (QED) is 0.0528. The molecule has 0 aliphatic heterocycles. The minimum Gasteiger partial charge on any atom is -0.282 e. The van der Waals surface area contributed by atoms with Gasteiger partial charge in [-0.15, -0.1) is 0 Å². The number of hydrogen-bond donors (Lipinski definition) is 1. The molecule has 0 atom stereocenters. The van der Waals surface area contributed by atoms with E-state index in [0.717, 1.165) is 24.8 Å². The Morgan fingerprint density at radius 3 is 0.732 bits per heavy atom. The molecular formula is C52H98O3S. The molecule has 56 heavy (non-hydrogen) atoms. The first-order valence-corrected chi connectivity index (χ1v) is 27.0. The Morgan fingerprint density at radius 1 is 0.321 bits per heavy atom. The minimum atomic E-state index is -4.12. The maximum absolute atomic E-state index is 11.5. The van der Waals surface area contributed by atoms with Crippen LogP contribution in [0.2, 0.25) is 0 Å². The van der Waals surface area contributed by atoms with Crippen molar-refractivity contribution in [2.45, 2.75) is 301 Å². The second kappa shape index (κ2) is 42.3. The highest BCUT2D eigenvalue weighted by molar-refractivity contribution is 7.85. The van der Waals surface area contributed by atoms with E-state index >= 15 is 0 Å². The van der Waals surface area contributed by atoms with Gasteiger partial charge in [-0.2, -0.15) is 8.42 Å². The average molecular weight is 803 g/mol. The molecule has 0 radical (unpaired) electrons. The normalized spacial score (nSPS) is 11.9. The zero-order valence-corrected chi connectivity index (χ0v) is 38.6. The fourth-order valence-electron chi connectivity index (χ4n) is 8.78. The van der Waals surface area contributed by atoms with Crippen LogP contribution in [0.1, 0.15) is 295 Å². The van der Waals surface area contributed by atoms with Gasteiger partial charge in [0, 0.05) is 0 Å². The number of rotatable bonds is 46. The topological polar surface area (TPSA) is 54.4 Å². The maximum atomic E-state index is 11.5. The third-order valence-corrected chi connectivity index (χ3v) is 13.5. The molecule has 330 valence electrons. The predicted octanol–water partition coefficient (Wildman–Crippen LogP) is 18.7. The molecule has 0 aliphatic carbocycles. The summed E-state index contributed by atoms with van der Waals surface area (Å²) >= 11 is 0. The average Bonchev–Trinajstić information content (AvgIpc) is 3.19. The first kappa shape index (κ1) is 53.1. The number of benzene rings is 1. The molecule has 1 aromatic carbocycles. The van der Waals surface area contributed by atoms with Crippen LogP contribution >= 0.6 is 0 Å². The molecule has 1 N–H and O–H groups in total. The number of hydrogen-bond acceptors (Lipinski definition) is 2. The third-order valence-electron chi connectivity index (χ3n) is 12.6. The summed E-state index contributed by atoms with van der Waals surface area (Å²) in [5.74, 6) is 0. The Morgan fingerprint density at radius 2 is 0.518 bits per heavy atom. The smallest absolute Gasteiger partial charge is 0.282 e. The van der Waals surface area contributed by atoms with Crippen molar-refractivity contribution >= 4 is 10.1 Å². The summed E-state index contributed by atoms with van der Waals surface area (Å²) in [7, 11) is -4.12. The molecule has 0 unspecified atom stereocenters. The minimum absolute atomic E-state index is 0.0714. The molecule has 1 aromatic rings. The van der Waals surface area contributed by atoms with Gasteiger partial charge in [-0.25, -0.2) is 0 Å². The maximum Gasteiger partial charge on any atom is 0.294 e. The van der Waals surface area contributed by atoms with Gasteiger partial charge in [0.2, 0.25) is 0 Å². The third kappa shape index (κ3) is 37.4. The van der Waals surface area contributed by atoms with E-state index in [1.165, 1.54) is 276 Å². The molecule has 0 aliphatic rings. The van der Waals surface area contributed by atoms with Crippen LogP contribution in [-0.2, 0) is 16.5 Å². The van der Waals surface area contributed by atoms with Crippen molar-refractivity contribution in [3.8, 4) is 0 Å². The van der Waals surface area contributed by atoms with Crippen molar-refractivity contribution in [1.82, 2.24) is 0 Å². The Bertz CT molecular complexity index is 1020. The van der Waals surface area contributed by atoms with E-state index in [-0.39, 0.29) is 4.90 Å². The van der Waals surface area contributed by atoms with Crippen molar-refractivity contribution in [2.75, 3.05) is 0 Å². The first-order valence-electron chi connectivity index (χ1n) is 25.6. The van der Waals surface area contributed by atoms with Crippen LogP contribution in [0.25, 0.3) is 0 Å². The van der Waals surface area contributed by atoms with Crippen molar-refractivity contribution in [3.63, 3.8) is 0 Å². The van der Waals surface area contributed by atoms with Crippen molar-refractivity contribution < 1.29 is 13.0 Å². The monoisotopic (exact) mass is 803 g/mol. The van der Waals surface area contributed by atoms with Crippen LogP contribution in [0, 0.1) is 0 Å². The Labute approximate surface area is 352 Å². The predicted molar refractivity (Wildman–Crippen MR) is 249 cm³/mol. The van der Waals surface area contributed by atoms with E-state index in [1.807, 2.05) is 12.1 Å². The van der Waals surface area contributed by atoms with E-state index in [9.17, 15) is 13.0 Å². The lowest BCUT2D eigenvalue weighted by Gasteiger charge is -2.07. The lowest BCUT2D eigenvalue weighted by Crippen LogP contribution is -2.03. The standard InChI is InChI=1S/C52H98O3S/c1-2-3-4-5-6-7-8-9-10-11-12-13-14-15-16-17-18-19-20-21-22-23-24-25-26-27-28-29-30-31-32-33-34-35-36-37-38-39-40-41-42-43-44-45-48-51-49-46-47-50-52(51)56(53,54)55/h46-47,49-50H,2-45,48H2,1H3,(H,53,54,55). The second-order valence-electron chi connectivity index (χ2n) is 18.0. The molecule has 0 fully saturated rings. The van der Waals surface area contributed by atoms with Gasteiger partial charge in [0.25, 0.3) is 10.1 Å². The molecule has 0 spiro atoms. The van der Waals surface area contributed by atoms with Crippen LogP contribution < -0.4 is 0 Å². The van der Waals surface area contributed by atoms with E-state index < -0.39 is 10.1 Å². The highest BCUT2D eigenvalue weighted by Crippen LogP contribution is 2.20. The van der Waals surface area contributed by atoms with E-state index in [4.69, 9.17) is 0 Å². The van der Waals surface area contributed by atoms with Gasteiger partial charge in [-0.3, -0.25) is 4.55 Å². The molecule has 1 rings (SSSR count). The van der Waals surface area contributed by atoms with Gasteiger partial charge in [0.15, 0.2) is 0 Å². The molecule has 0 bridgehead atoms. The Hall–Kier alpha value is -0.870. The number of unbranched alkanes of at least 4 members (excludes halogenated alkanes) is 43. The van der Waals surface area contributed by atoms with Crippen molar-refractivity contribution in [3.05, 3.63) is 29.8 Å². The van der Waals surface area contributed by atoms with E-state index in [1.54, 1.807) is 6.07 Å². The van der Waals surface area contributed by atoms with Gasteiger partial charge in [0.1, 0.15) is 0 Å². The molecule has 0 aromatic heterocycles. The zero-order valence-electron chi connectivity index (χ0n) is 37.8. The van der Waals surface area contributed by atoms with Gasteiger partial charge in [-0.05, 0) is 24.5 Å². The summed E-state index contributed by atoms with van der Waals surface area (Å²) in [5.41, 5.74) is 0.738. The summed E-state index contributed by atoms with van der Waals surface area (Å²) in [5, 5.41) is 0. The van der Waals surface area contributed by atoms with Gasteiger partial charge in [-0.1, -0.05) is 301 Å². The van der Waals surface area contributed by atoms with Gasteiger partial charge >= 0.3 is 0 Å². The summed E-state index contributed by atoms with van der Waals surface area (Å²) in [6, 6.07) is 6.82. The number of aryl methyl sites for hydroxylation is 1.